The average Bonchev–Trinajstić information content (AvgIpc) is 3.13. The number of benzene rings is 1. The first kappa shape index (κ1) is 17.1. The second-order valence-corrected chi connectivity index (χ2v) is 7.25. The fourth-order valence-corrected chi connectivity index (χ4v) is 3.84. The van der Waals surface area contributed by atoms with Crippen LogP contribution in [0.2, 0.25) is 0 Å². The zero-order valence-electron chi connectivity index (χ0n) is 15.6. The fourth-order valence-electron chi connectivity index (χ4n) is 3.84. The summed E-state index contributed by atoms with van der Waals surface area (Å²) in [6.07, 6.45) is 3.68. The Morgan fingerprint density at radius 1 is 0.929 bits per heavy atom. The van der Waals surface area contributed by atoms with Crippen LogP contribution in [0.1, 0.15) is 5.69 Å². The molecule has 1 saturated heterocycles. The summed E-state index contributed by atoms with van der Waals surface area (Å²) in [6.45, 7) is 5.45. The van der Waals surface area contributed by atoms with Gasteiger partial charge in [0.2, 0.25) is 0 Å². The Labute approximate surface area is 162 Å². The standard InChI is InChI=1S/C21H22N6O/c28-21-13-17(23-20-7-3-4-8-27(20)21)14-24-9-11-25(12-10-24)16-26-15-22-18-5-1-2-6-19(18)26/h1-8,13,15H,9-12,14,16H2. The summed E-state index contributed by atoms with van der Waals surface area (Å²) in [5, 5.41) is 0. The average molecular weight is 374 g/mol. The van der Waals surface area contributed by atoms with Crippen molar-refractivity contribution in [1.82, 2.24) is 28.7 Å². The lowest BCUT2D eigenvalue weighted by Gasteiger charge is -2.34. The van der Waals surface area contributed by atoms with E-state index in [0.29, 0.717) is 12.2 Å². The molecular weight excluding hydrogens is 352 g/mol. The lowest BCUT2D eigenvalue weighted by Crippen LogP contribution is -2.46. The van der Waals surface area contributed by atoms with Gasteiger partial charge in [0.1, 0.15) is 5.65 Å². The van der Waals surface area contributed by atoms with Crippen molar-refractivity contribution in [2.75, 3.05) is 26.2 Å². The smallest absolute Gasteiger partial charge is 0.258 e. The molecule has 1 aromatic carbocycles. The van der Waals surface area contributed by atoms with Crippen LogP contribution in [0.25, 0.3) is 16.7 Å². The third-order valence-corrected chi connectivity index (χ3v) is 5.35. The van der Waals surface area contributed by atoms with Gasteiger partial charge in [0, 0.05) is 45.0 Å². The molecule has 0 atom stereocenters. The first-order valence-corrected chi connectivity index (χ1v) is 9.58. The topological polar surface area (TPSA) is 58.7 Å². The Bertz CT molecular complexity index is 1170. The highest BCUT2D eigenvalue weighted by molar-refractivity contribution is 5.74. The zero-order chi connectivity index (χ0) is 18.9. The summed E-state index contributed by atoms with van der Waals surface area (Å²) in [5.41, 5.74) is 3.73. The molecule has 0 amide bonds. The molecule has 0 aliphatic carbocycles. The third kappa shape index (κ3) is 3.30. The molecule has 1 fully saturated rings. The quantitative estimate of drug-likeness (QED) is 0.545. The Morgan fingerprint density at radius 2 is 1.71 bits per heavy atom. The van der Waals surface area contributed by atoms with Crippen LogP contribution in [0.5, 0.6) is 0 Å². The first-order valence-electron chi connectivity index (χ1n) is 9.58. The van der Waals surface area contributed by atoms with Crippen molar-refractivity contribution in [3.63, 3.8) is 0 Å². The number of para-hydroxylation sites is 2. The Balaban J connectivity index is 1.23. The van der Waals surface area contributed by atoms with E-state index in [1.165, 1.54) is 5.52 Å². The predicted molar refractivity (Wildman–Crippen MR) is 108 cm³/mol. The maximum absolute atomic E-state index is 12.3. The number of hydrogen-bond donors (Lipinski definition) is 0. The molecular formula is C21H22N6O. The van der Waals surface area contributed by atoms with Crippen molar-refractivity contribution in [2.24, 2.45) is 0 Å². The number of rotatable bonds is 4. The molecule has 0 bridgehead atoms. The third-order valence-electron chi connectivity index (χ3n) is 5.35. The van der Waals surface area contributed by atoms with E-state index >= 15 is 0 Å². The molecule has 4 aromatic rings. The number of pyridine rings is 1. The minimum atomic E-state index is -0.0220. The molecule has 0 unspecified atom stereocenters. The second kappa shape index (κ2) is 7.18. The molecule has 28 heavy (non-hydrogen) atoms. The highest BCUT2D eigenvalue weighted by Crippen LogP contribution is 2.14. The van der Waals surface area contributed by atoms with Crippen molar-refractivity contribution < 1.29 is 0 Å². The van der Waals surface area contributed by atoms with E-state index in [4.69, 9.17) is 0 Å². The van der Waals surface area contributed by atoms with Crippen LogP contribution >= 0.6 is 0 Å². The zero-order valence-corrected chi connectivity index (χ0v) is 15.6. The molecule has 0 N–H and O–H groups in total. The maximum atomic E-state index is 12.3. The molecule has 3 aromatic heterocycles. The molecule has 0 spiro atoms. The lowest BCUT2D eigenvalue weighted by molar-refractivity contribution is 0.103. The van der Waals surface area contributed by atoms with Gasteiger partial charge < -0.3 is 4.57 Å². The van der Waals surface area contributed by atoms with E-state index in [1.807, 2.05) is 36.7 Å². The van der Waals surface area contributed by atoms with Gasteiger partial charge in [-0.25, -0.2) is 9.97 Å². The molecule has 5 rings (SSSR count). The molecule has 0 saturated carbocycles. The van der Waals surface area contributed by atoms with Gasteiger partial charge in [-0.1, -0.05) is 18.2 Å². The SMILES string of the molecule is O=c1cc(CN2CCN(Cn3cnc4ccccc43)CC2)nc2ccccn12. The number of aromatic nitrogens is 4. The van der Waals surface area contributed by atoms with Gasteiger partial charge in [0.25, 0.3) is 5.56 Å². The summed E-state index contributed by atoms with van der Waals surface area (Å²) < 4.78 is 3.79. The highest BCUT2D eigenvalue weighted by Gasteiger charge is 2.18. The highest BCUT2D eigenvalue weighted by atomic mass is 16.1. The number of hydrogen-bond acceptors (Lipinski definition) is 5. The fraction of sp³-hybridized carbons (Fsp3) is 0.286. The molecule has 4 heterocycles. The Morgan fingerprint density at radius 3 is 2.61 bits per heavy atom. The molecule has 1 aliphatic heterocycles. The number of nitrogens with zero attached hydrogens (tertiary/aromatic N) is 6. The van der Waals surface area contributed by atoms with Crippen LogP contribution in [0.15, 0.2) is 65.8 Å². The molecule has 0 radical (unpaired) electrons. The van der Waals surface area contributed by atoms with Gasteiger partial charge in [0.05, 0.1) is 29.7 Å². The number of imidazole rings is 1. The van der Waals surface area contributed by atoms with Crippen molar-refractivity contribution >= 4 is 16.7 Å². The first-order chi connectivity index (χ1) is 13.8. The summed E-state index contributed by atoms with van der Waals surface area (Å²) in [6, 6.07) is 15.5. The van der Waals surface area contributed by atoms with Gasteiger partial charge in [-0.15, -0.1) is 0 Å². The van der Waals surface area contributed by atoms with Crippen LogP contribution in [-0.4, -0.2) is 54.9 Å². The van der Waals surface area contributed by atoms with Crippen molar-refractivity contribution in [1.29, 1.82) is 0 Å². The van der Waals surface area contributed by atoms with Crippen molar-refractivity contribution in [3.8, 4) is 0 Å². The van der Waals surface area contributed by atoms with E-state index < -0.39 is 0 Å². The van der Waals surface area contributed by atoms with Crippen LogP contribution in [-0.2, 0) is 13.2 Å². The normalized spacial score (nSPS) is 16.1. The van der Waals surface area contributed by atoms with E-state index in [9.17, 15) is 4.79 Å². The predicted octanol–water partition coefficient (Wildman–Crippen LogP) is 1.82. The minimum absolute atomic E-state index is 0.0220. The largest absolute Gasteiger partial charge is 0.317 e. The van der Waals surface area contributed by atoms with Gasteiger partial charge in [0.15, 0.2) is 0 Å². The minimum Gasteiger partial charge on any atom is -0.317 e. The molecule has 7 nitrogen and oxygen atoms in total. The maximum Gasteiger partial charge on any atom is 0.258 e. The van der Waals surface area contributed by atoms with Crippen LogP contribution < -0.4 is 5.56 Å². The van der Waals surface area contributed by atoms with E-state index in [-0.39, 0.29) is 5.56 Å². The van der Waals surface area contributed by atoms with Crippen molar-refractivity contribution in [3.05, 3.63) is 77.1 Å². The van der Waals surface area contributed by atoms with Crippen LogP contribution in [0, 0.1) is 0 Å². The lowest BCUT2D eigenvalue weighted by atomic mass is 10.3. The van der Waals surface area contributed by atoms with E-state index in [2.05, 4.69) is 36.5 Å². The van der Waals surface area contributed by atoms with E-state index in [1.54, 1.807) is 16.7 Å². The Hall–Kier alpha value is -3.03. The van der Waals surface area contributed by atoms with Crippen LogP contribution in [0.3, 0.4) is 0 Å². The molecule has 142 valence electrons. The second-order valence-electron chi connectivity index (χ2n) is 7.25. The van der Waals surface area contributed by atoms with E-state index in [0.717, 1.165) is 44.1 Å². The molecule has 1 aliphatic rings. The summed E-state index contributed by atoms with van der Waals surface area (Å²) in [5.74, 6) is 0. The van der Waals surface area contributed by atoms with Gasteiger partial charge >= 0.3 is 0 Å². The molecule has 7 heteroatoms. The Kier molecular flexibility index (Phi) is 4.38. The summed E-state index contributed by atoms with van der Waals surface area (Å²) in [4.78, 5) is 26.2. The summed E-state index contributed by atoms with van der Waals surface area (Å²) >= 11 is 0. The number of piperazine rings is 1. The monoisotopic (exact) mass is 374 g/mol. The summed E-state index contributed by atoms with van der Waals surface area (Å²) in [7, 11) is 0. The van der Waals surface area contributed by atoms with Gasteiger partial charge in [-0.2, -0.15) is 0 Å². The van der Waals surface area contributed by atoms with Crippen molar-refractivity contribution in [2.45, 2.75) is 13.2 Å². The van der Waals surface area contributed by atoms with Gasteiger partial charge in [-0.3, -0.25) is 19.0 Å². The van der Waals surface area contributed by atoms with Crippen LogP contribution in [0.4, 0.5) is 0 Å². The number of fused-ring (bicyclic) bond motifs is 2. The van der Waals surface area contributed by atoms with Gasteiger partial charge in [-0.05, 0) is 24.3 Å².